The summed E-state index contributed by atoms with van der Waals surface area (Å²) in [6.45, 7) is 0. The SMILES string of the molecule is [2H]c1c([2H])c([2H])c(-c2nc(-c3cc(-c4ccccc4)cc(-c4ccccc4)c3)nc(-c3cc(-n4c5ccccc5c5ccccc54)cc4c3sc3c(-c5ccccc5)cccc34)n2)c([2H])c1[2H]. The molecule has 0 radical (unpaired) electrons. The van der Waals surface area contributed by atoms with E-state index in [1.54, 1.807) is 11.3 Å². The maximum atomic E-state index is 9.13. The monoisotopic (exact) mass is 813 g/mol. The van der Waals surface area contributed by atoms with E-state index >= 15 is 0 Å². The summed E-state index contributed by atoms with van der Waals surface area (Å²) in [5.41, 5.74) is 10.4. The summed E-state index contributed by atoms with van der Waals surface area (Å²) in [6.07, 6.45) is 0. The average molecular weight is 814 g/mol. The molecule has 0 spiro atoms. The second-order valence-corrected chi connectivity index (χ2v) is 16.2. The smallest absolute Gasteiger partial charge is 0.165 e. The number of aromatic nitrogens is 4. The minimum atomic E-state index is -0.489. The van der Waals surface area contributed by atoms with E-state index in [1.807, 2.05) is 54.6 Å². The minimum absolute atomic E-state index is 0.0233. The highest BCUT2D eigenvalue weighted by molar-refractivity contribution is 7.26. The van der Waals surface area contributed by atoms with Gasteiger partial charge in [-0.3, -0.25) is 0 Å². The van der Waals surface area contributed by atoms with Crippen LogP contribution >= 0.6 is 11.3 Å². The molecule has 0 unspecified atom stereocenters. The van der Waals surface area contributed by atoms with Crippen molar-refractivity contribution >= 4 is 53.3 Å². The molecule has 0 saturated carbocycles. The van der Waals surface area contributed by atoms with Crippen molar-refractivity contribution in [2.45, 2.75) is 0 Å². The number of rotatable bonds is 7. The maximum absolute atomic E-state index is 9.13. The van der Waals surface area contributed by atoms with Crippen molar-refractivity contribution in [1.82, 2.24) is 19.5 Å². The van der Waals surface area contributed by atoms with E-state index in [9.17, 15) is 0 Å². The summed E-state index contributed by atoms with van der Waals surface area (Å²) in [5, 5.41) is 4.34. The van der Waals surface area contributed by atoms with E-state index in [0.29, 0.717) is 22.8 Å². The summed E-state index contributed by atoms with van der Waals surface area (Å²) in [5.74, 6) is 0.576. The van der Waals surface area contributed by atoms with Crippen LogP contribution in [0.15, 0.2) is 218 Å². The van der Waals surface area contributed by atoms with Gasteiger partial charge in [0.15, 0.2) is 17.5 Å². The molecule has 0 amide bonds. The van der Waals surface area contributed by atoms with Gasteiger partial charge in [-0.2, -0.15) is 0 Å². The normalized spacial score (nSPS) is 12.7. The van der Waals surface area contributed by atoms with Gasteiger partial charge in [0, 0.05) is 53.3 Å². The molecule has 12 aromatic rings. The van der Waals surface area contributed by atoms with Crippen LogP contribution in [0.3, 0.4) is 0 Å². The van der Waals surface area contributed by atoms with Crippen LogP contribution in [0.25, 0.3) is 115 Å². The first kappa shape index (κ1) is 31.0. The fraction of sp³-hybridized carbons (Fsp3) is 0. The molecule has 0 fully saturated rings. The van der Waals surface area contributed by atoms with Gasteiger partial charge in [-0.1, -0.05) is 176 Å². The van der Waals surface area contributed by atoms with Gasteiger partial charge in [0.25, 0.3) is 0 Å². The lowest BCUT2D eigenvalue weighted by Gasteiger charge is -2.14. The molecule has 62 heavy (non-hydrogen) atoms. The van der Waals surface area contributed by atoms with E-state index in [0.717, 1.165) is 81.0 Å². The Balaban J connectivity index is 1.21. The Bertz CT molecular complexity index is 3790. The van der Waals surface area contributed by atoms with Gasteiger partial charge in [-0.05, 0) is 75.8 Å². The van der Waals surface area contributed by atoms with Crippen molar-refractivity contribution in [2.75, 3.05) is 0 Å². The van der Waals surface area contributed by atoms with Gasteiger partial charge < -0.3 is 4.57 Å². The van der Waals surface area contributed by atoms with Gasteiger partial charge >= 0.3 is 0 Å². The molecule has 0 N–H and O–H groups in total. The van der Waals surface area contributed by atoms with Crippen LogP contribution in [0, 0.1) is 0 Å². The Labute approximate surface area is 369 Å². The van der Waals surface area contributed by atoms with E-state index in [4.69, 9.17) is 21.8 Å². The number of thiophene rings is 1. The quantitative estimate of drug-likeness (QED) is 0.161. The topological polar surface area (TPSA) is 43.6 Å². The fourth-order valence-electron chi connectivity index (χ4n) is 8.68. The van der Waals surface area contributed by atoms with Gasteiger partial charge in [0.2, 0.25) is 0 Å². The lowest BCUT2D eigenvalue weighted by atomic mass is 9.96. The Morgan fingerprint density at radius 3 is 1.48 bits per heavy atom. The summed E-state index contributed by atoms with van der Waals surface area (Å²) in [7, 11) is 0. The second-order valence-electron chi connectivity index (χ2n) is 15.2. The lowest BCUT2D eigenvalue weighted by molar-refractivity contribution is 1.07. The number of benzene rings is 9. The average Bonchev–Trinajstić information content (AvgIpc) is 3.94. The maximum Gasteiger partial charge on any atom is 0.165 e. The molecule has 0 aliphatic heterocycles. The van der Waals surface area contributed by atoms with Gasteiger partial charge in [-0.15, -0.1) is 11.3 Å². The fourth-order valence-corrected chi connectivity index (χ4v) is 10.0. The third-order valence-corrected chi connectivity index (χ3v) is 12.8. The van der Waals surface area contributed by atoms with Crippen LogP contribution in [-0.2, 0) is 0 Å². The molecule has 0 aliphatic carbocycles. The Kier molecular flexibility index (Phi) is 7.46. The number of hydrogen-bond acceptors (Lipinski definition) is 4. The van der Waals surface area contributed by atoms with Crippen molar-refractivity contribution < 1.29 is 6.85 Å². The van der Waals surface area contributed by atoms with Crippen LogP contribution in [0.1, 0.15) is 6.85 Å². The lowest BCUT2D eigenvalue weighted by Crippen LogP contribution is -2.02. The Hall–Kier alpha value is -7.99. The molecule has 4 nitrogen and oxygen atoms in total. The first-order valence-corrected chi connectivity index (χ1v) is 21.3. The van der Waals surface area contributed by atoms with Crippen molar-refractivity contribution in [3.63, 3.8) is 0 Å². The predicted octanol–water partition coefficient (Wildman–Crippen LogP) is 15.3. The molecular formula is C57H36N4S. The highest BCUT2D eigenvalue weighted by Crippen LogP contribution is 2.46. The molecule has 0 bridgehead atoms. The third-order valence-electron chi connectivity index (χ3n) is 11.5. The van der Waals surface area contributed by atoms with Crippen LogP contribution in [0.4, 0.5) is 0 Å². The van der Waals surface area contributed by atoms with Crippen molar-refractivity contribution in [3.05, 3.63) is 218 Å². The van der Waals surface area contributed by atoms with Crippen LogP contribution in [0.5, 0.6) is 0 Å². The first-order valence-electron chi connectivity index (χ1n) is 22.9. The van der Waals surface area contributed by atoms with Crippen LogP contribution in [-0.4, -0.2) is 19.5 Å². The van der Waals surface area contributed by atoms with E-state index in [-0.39, 0.29) is 11.4 Å². The molecule has 3 aromatic heterocycles. The zero-order valence-electron chi connectivity index (χ0n) is 38.1. The van der Waals surface area contributed by atoms with Gasteiger partial charge in [0.1, 0.15) is 0 Å². The first-order chi connectivity index (χ1) is 32.8. The van der Waals surface area contributed by atoms with Gasteiger partial charge in [-0.25, -0.2) is 15.0 Å². The largest absolute Gasteiger partial charge is 0.309 e. The third kappa shape index (κ3) is 6.18. The van der Waals surface area contributed by atoms with Gasteiger partial charge in [0.05, 0.1) is 17.9 Å². The highest BCUT2D eigenvalue weighted by Gasteiger charge is 2.22. The van der Waals surface area contributed by atoms with Crippen LogP contribution < -0.4 is 0 Å². The number of hydrogen-bond donors (Lipinski definition) is 0. The Morgan fingerprint density at radius 1 is 0.355 bits per heavy atom. The Morgan fingerprint density at radius 2 is 0.855 bits per heavy atom. The van der Waals surface area contributed by atoms with E-state index < -0.39 is 30.2 Å². The summed E-state index contributed by atoms with van der Waals surface area (Å²) < 4.78 is 48.4. The van der Waals surface area contributed by atoms with E-state index in [2.05, 4.69) is 138 Å². The zero-order chi connectivity index (χ0) is 45.3. The number of fused-ring (bicyclic) bond motifs is 6. The molecule has 3 heterocycles. The zero-order valence-corrected chi connectivity index (χ0v) is 33.9. The van der Waals surface area contributed by atoms with Crippen LogP contribution in [0.2, 0.25) is 0 Å². The molecule has 9 aromatic carbocycles. The number of nitrogens with zero attached hydrogens (tertiary/aromatic N) is 4. The predicted molar refractivity (Wildman–Crippen MR) is 260 cm³/mol. The number of para-hydroxylation sites is 2. The summed E-state index contributed by atoms with van der Waals surface area (Å²) in [4.78, 5) is 15.6. The summed E-state index contributed by atoms with van der Waals surface area (Å²) >= 11 is 1.67. The van der Waals surface area contributed by atoms with E-state index in [1.165, 1.54) is 0 Å². The molecule has 0 aliphatic rings. The van der Waals surface area contributed by atoms with Crippen molar-refractivity contribution in [3.8, 4) is 73.2 Å². The molecule has 290 valence electrons. The van der Waals surface area contributed by atoms with Crippen molar-refractivity contribution in [1.29, 1.82) is 0 Å². The molecular weight excluding hydrogens is 773 g/mol. The molecule has 5 heteroatoms. The highest BCUT2D eigenvalue weighted by atomic mass is 32.1. The standard InChI is InChI=1S/C57H36N4S/c1-5-18-37(19-6-1)41-32-42(38-20-7-2-8-21-38)34-43(33-41)56-58-55(40-24-11-4-12-25-40)59-57(60-56)50-36-44(61-51-30-15-13-26-46(51)47-27-14-16-31-52(47)61)35-49-48-29-17-28-45(53(48)62-54(49)50)39-22-9-3-10-23-39/h1-36H/i4D,11D,12D,24D,25D. The van der Waals surface area contributed by atoms with Crippen molar-refractivity contribution in [2.24, 2.45) is 0 Å². The molecule has 0 saturated heterocycles. The molecule has 0 atom stereocenters. The minimum Gasteiger partial charge on any atom is -0.309 e. The second kappa shape index (κ2) is 14.9. The molecule has 12 rings (SSSR count). The summed E-state index contributed by atoms with van der Waals surface area (Å²) in [6, 6.07) is 62.3.